The molecule has 3 N–H and O–H groups in total. The van der Waals surface area contributed by atoms with Crippen LogP contribution in [-0.4, -0.2) is 15.0 Å². The first-order valence-electron chi connectivity index (χ1n) is 10.3. The number of hydrogen-bond acceptors (Lipinski definition) is 9. The zero-order chi connectivity index (χ0) is 24.8. The van der Waals surface area contributed by atoms with Gasteiger partial charge in [-0.3, -0.25) is 14.8 Å². The van der Waals surface area contributed by atoms with E-state index >= 15 is 0 Å². The smallest absolute Gasteiger partial charge is 0.285 e. The molecule has 0 saturated carbocycles. The van der Waals surface area contributed by atoms with E-state index in [1.807, 2.05) is 12.1 Å². The molecule has 178 valence electrons. The topological polar surface area (TPSA) is 171 Å². The minimum Gasteiger partial charge on any atom is -0.756 e. The normalized spacial score (nSPS) is 12.6. The zero-order valence-electron chi connectivity index (χ0n) is 18.3. The van der Waals surface area contributed by atoms with E-state index < -0.39 is 14.6 Å². The number of anilines is 1. The molecule has 1 atom stereocenters. The van der Waals surface area contributed by atoms with E-state index in [0.717, 1.165) is 11.1 Å². The van der Waals surface area contributed by atoms with Crippen LogP contribution in [0, 0.1) is 11.3 Å². The summed E-state index contributed by atoms with van der Waals surface area (Å²) in [6, 6.07) is 17.9. The van der Waals surface area contributed by atoms with E-state index in [-0.39, 0.29) is 5.82 Å². The number of phosphoric ester groups is 1. The molecule has 0 aliphatic rings. The van der Waals surface area contributed by atoms with Gasteiger partial charge in [0, 0.05) is 24.8 Å². The number of hydrogen-bond donors (Lipinski definition) is 2. The maximum Gasteiger partial charge on any atom is 0.285 e. The fourth-order valence-electron chi connectivity index (χ4n) is 3.24. The third kappa shape index (κ3) is 6.50. The monoisotopic (exact) mass is 493 g/mol. The second-order valence-corrected chi connectivity index (χ2v) is 8.66. The van der Waals surface area contributed by atoms with Crippen molar-refractivity contribution in [2.75, 3.05) is 5.73 Å². The molecule has 3 heterocycles. The van der Waals surface area contributed by atoms with Crippen LogP contribution in [-0.2, 0) is 28.8 Å². The Morgan fingerprint density at radius 3 is 2.80 bits per heavy atom. The lowest BCUT2D eigenvalue weighted by Crippen LogP contribution is -2.38. The fourth-order valence-corrected chi connectivity index (χ4v) is 3.51. The highest BCUT2D eigenvalue weighted by Gasteiger charge is 2.18. The van der Waals surface area contributed by atoms with Gasteiger partial charge in [-0.2, -0.15) is 5.26 Å². The Bertz CT molecular complexity index is 1410. The van der Waals surface area contributed by atoms with Gasteiger partial charge in [-0.25, -0.2) is 9.55 Å². The SMILES string of the molecule is N#Cc1cccc(COc2ccc(Cc3cc(-c4ccc[n+](COP(=O)([O-])O)c4N)on3)cn2)c1. The highest BCUT2D eigenvalue weighted by Crippen LogP contribution is 2.30. The van der Waals surface area contributed by atoms with Gasteiger partial charge in [-0.15, -0.1) is 0 Å². The molecule has 11 nitrogen and oxygen atoms in total. The van der Waals surface area contributed by atoms with Gasteiger partial charge >= 0.3 is 0 Å². The second-order valence-electron chi connectivity index (χ2n) is 7.47. The van der Waals surface area contributed by atoms with Crippen molar-refractivity contribution >= 4 is 13.6 Å². The number of nitrogens with zero attached hydrogens (tertiary/aromatic N) is 4. The lowest BCUT2D eigenvalue weighted by atomic mass is 10.1. The van der Waals surface area contributed by atoms with E-state index in [0.29, 0.717) is 41.5 Å². The molecule has 0 saturated heterocycles. The summed E-state index contributed by atoms with van der Waals surface area (Å²) in [6.07, 6.45) is 3.62. The minimum atomic E-state index is -4.89. The standard InChI is InChI=1S/C23H20N5O6P/c24-12-16-3-1-4-18(9-16)14-32-22-7-6-17(13-26-22)10-19-11-21(34-27-19)20-5-2-8-28(23(20)25)15-33-35(29,30)31/h1-9,11,13,25H,10,14-15H2,(H2,29,30,31). The lowest BCUT2D eigenvalue weighted by Gasteiger charge is -2.14. The highest BCUT2D eigenvalue weighted by molar-refractivity contribution is 7.44. The molecule has 0 bridgehead atoms. The fraction of sp³-hybridized carbons (Fsp3) is 0.130. The first-order chi connectivity index (χ1) is 16.8. The van der Waals surface area contributed by atoms with E-state index in [4.69, 9.17) is 25.1 Å². The molecule has 0 spiro atoms. The molecule has 0 amide bonds. The maximum absolute atomic E-state index is 10.8. The van der Waals surface area contributed by atoms with E-state index in [9.17, 15) is 9.46 Å². The number of benzene rings is 1. The molecule has 0 aliphatic carbocycles. The van der Waals surface area contributed by atoms with Crippen LogP contribution < -0.4 is 19.9 Å². The summed E-state index contributed by atoms with van der Waals surface area (Å²) in [7, 11) is -4.89. The van der Waals surface area contributed by atoms with Crippen LogP contribution in [0.1, 0.15) is 22.4 Å². The number of aromatic nitrogens is 3. The van der Waals surface area contributed by atoms with E-state index in [1.54, 1.807) is 48.7 Å². The summed E-state index contributed by atoms with van der Waals surface area (Å²) in [4.78, 5) is 24.0. The van der Waals surface area contributed by atoms with Crippen molar-refractivity contribution in [1.29, 1.82) is 5.26 Å². The number of rotatable bonds is 9. The Morgan fingerprint density at radius 1 is 1.20 bits per heavy atom. The molecule has 1 unspecified atom stereocenters. The van der Waals surface area contributed by atoms with Crippen molar-refractivity contribution in [1.82, 2.24) is 10.1 Å². The summed E-state index contributed by atoms with van der Waals surface area (Å²) in [5.74, 6) is 1.01. The molecule has 1 aromatic carbocycles. The van der Waals surface area contributed by atoms with Gasteiger partial charge in [0.05, 0.1) is 23.5 Å². The molecular weight excluding hydrogens is 473 g/mol. The average molecular weight is 493 g/mol. The molecule has 0 fully saturated rings. The Balaban J connectivity index is 1.39. The first-order valence-corrected chi connectivity index (χ1v) is 11.8. The Morgan fingerprint density at radius 2 is 2.06 bits per heavy atom. The Labute approximate surface area is 200 Å². The molecule has 12 heteroatoms. The average Bonchev–Trinajstić information content (AvgIpc) is 3.30. The van der Waals surface area contributed by atoms with Crippen molar-refractivity contribution in [3.8, 4) is 23.3 Å². The van der Waals surface area contributed by atoms with Gasteiger partial charge in [0.15, 0.2) is 12.5 Å². The molecule has 0 aliphatic heterocycles. The molecule has 4 aromatic rings. The van der Waals surface area contributed by atoms with Crippen LogP contribution in [0.25, 0.3) is 11.3 Å². The van der Waals surface area contributed by atoms with Crippen LogP contribution in [0.15, 0.2) is 71.5 Å². The maximum atomic E-state index is 10.8. The Hall–Kier alpha value is -4.07. The highest BCUT2D eigenvalue weighted by atomic mass is 31.2. The summed E-state index contributed by atoms with van der Waals surface area (Å²) in [5, 5.41) is 13.1. The van der Waals surface area contributed by atoms with Gasteiger partial charge < -0.3 is 19.0 Å². The number of nitrogen functional groups attached to an aromatic ring is 1. The molecular formula is C23H20N5O6P. The minimum absolute atomic E-state index is 0.173. The van der Waals surface area contributed by atoms with Crippen LogP contribution in [0.4, 0.5) is 5.82 Å². The van der Waals surface area contributed by atoms with Gasteiger partial charge in [0.1, 0.15) is 12.2 Å². The molecule has 0 radical (unpaired) electrons. The van der Waals surface area contributed by atoms with Crippen LogP contribution in [0.2, 0.25) is 0 Å². The van der Waals surface area contributed by atoms with Gasteiger partial charge in [-0.1, -0.05) is 23.4 Å². The summed E-state index contributed by atoms with van der Waals surface area (Å²) in [5.41, 5.74) is 9.53. The van der Waals surface area contributed by atoms with E-state index in [2.05, 4.69) is 20.7 Å². The summed E-state index contributed by atoms with van der Waals surface area (Å²) >= 11 is 0. The molecule has 3 aromatic heterocycles. The largest absolute Gasteiger partial charge is 0.756 e. The van der Waals surface area contributed by atoms with Crippen LogP contribution in [0.5, 0.6) is 5.88 Å². The third-order valence-electron chi connectivity index (χ3n) is 4.92. The third-order valence-corrected chi connectivity index (χ3v) is 5.37. The van der Waals surface area contributed by atoms with Crippen LogP contribution >= 0.6 is 7.82 Å². The van der Waals surface area contributed by atoms with Crippen LogP contribution in [0.3, 0.4) is 0 Å². The zero-order valence-corrected chi connectivity index (χ0v) is 19.2. The van der Waals surface area contributed by atoms with Crippen molar-refractivity contribution < 1.29 is 32.7 Å². The summed E-state index contributed by atoms with van der Waals surface area (Å²) < 4.78 is 27.7. The quantitative estimate of drug-likeness (QED) is 0.260. The van der Waals surface area contributed by atoms with Crippen molar-refractivity contribution in [3.63, 3.8) is 0 Å². The lowest BCUT2D eigenvalue weighted by molar-refractivity contribution is -0.712. The van der Waals surface area contributed by atoms with Crippen molar-refractivity contribution in [2.45, 2.75) is 19.8 Å². The first kappa shape index (κ1) is 24.1. The van der Waals surface area contributed by atoms with Crippen molar-refractivity contribution in [2.24, 2.45) is 0 Å². The number of nitriles is 1. The van der Waals surface area contributed by atoms with Crippen molar-refractivity contribution in [3.05, 3.63) is 89.4 Å². The van der Waals surface area contributed by atoms with Gasteiger partial charge in [0.2, 0.25) is 5.88 Å². The Kier molecular flexibility index (Phi) is 7.19. The second kappa shape index (κ2) is 10.5. The van der Waals surface area contributed by atoms with Gasteiger partial charge in [0.25, 0.3) is 13.6 Å². The number of ether oxygens (including phenoxy) is 1. The predicted octanol–water partition coefficient (Wildman–Crippen LogP) is 2.08. The number of nitrogens with two attached hydrogens (primary N) is 1. The molecule has 4 rings (SSSR count). The summed E-state index contributed by atoms with van der Waals surface area (Å²) in [6.45, 7) is -0.190. The molecule has 35 heavy (non-hydrogen) atoms. The van der Waals surface area contributed by atoms with Gasteiger partial charge in [-0.05, 0) is 35.4 Å². The number of phosphoric acid groups is 1. The van der Waals surface area contributed by atoms with E-state index in [1.165, 1.54) is 10.8 Å². The predicted molar refractivity (Wildman–Crippen MR) is 120 cm³/mol. The number of pyridine rings is 2.